The van der Waals surface area contributed by atoms with Gasteiger partial charge in [0, 0.05) is 25.7 Å². The minimum absolute atomic E-state index is 0.0796. The first kappa shape index (κ1) is 103. The minimum atomic E-state index is -4.99. The Morgan fingerprint density at radius 2 is 0.481 bits per heavy atom. The van der Waals surface area contributed by atoms with Gasteiger partial charge in [0.05, 0.1) is 26.4 Å². The van der Waals surface area contributed by atoms with Gasteiger partial charge in [0.2, 0.25) is 0 Å². The van der Waals surface area contributed by atoms with Crippen LogP contribution in [0.5, 0.6) is 0 Å². The van der Waals surface area contributed by atoms with Crippen molar-refractivity contribution in [3.63, 3.8) is 0 Å². The highest BCUT2D eigenvalue weighted by atomic mass is 31.2. The van der Waals surface area contributed by atoms with E-state index in [9.17, 15) is 43.2 Å². The van der Waals surface area contributed by atoms with E-state index < -0.39 is 97.5 Å². The van der Waals surface area contributed by atoms with Crippen molar-refractivity contribution < 1.29 is 80.2 Å². The van der Waals surface area contributed by atoms with Crippen molar-refractivity contribution in [2.24, 2.45) is 0 Å². The van der Waals surface area contributed by atoms with Crippen molar-refractivity contribution in [2.45, 2.75) is 380 Å². The summed E-state index contributed by atoms with van der Waals surface area (Å²) in [4.78, 5) is 73.3. The fourth-order valence-electron chi connectivity index (χ4n) is 11.4. The van der Waals surface area contributed by atoms with Crippen LogP contribution in [-0.2, 0) is 65.4 Å². The SMILES string of the molecule is CC/C=C\C/C=C\C/C=C\CCCCCCCCCC(=O)OCC(COP(=O)(O)OCC(O)COP(=O)(O)OCC(COC(=O)CCCCCCCC/C=C\C/C=C\C/C=C\CCCCC)OC(=O)CCCCCCC/C=C\CCCCCCCC)OC(=O)CCCCCCCCC/C=C\C/C=C\C/C=C\CC. The standard InChI is InChI=1S/C89H154O17P2/c1-5-9-13-17-21-25-29-33-37-40-41-44-47-50-54-58-62-66-70-74-87(92)100-79-84(105-88(93)75-71-67-63-59-55-51-45-36-32-28-24-20-16-12-8-4)81-103-107(95,96)101-77-83(90)78-102-108(97,98)104-82-85(106-89(94)76-72-68-64-60-56-52-48-43-39-35-31-27-23-19-15-11-7-3)80-99-86(91)73-69-65-61-57-53-49-46-42-38-34-30-26-22-18-14-10-6-2/h10-11,14-15,21-23,25-27,33-39,41,44-45,83-85,90H,5-9,12-13,16-20,24,28-32,40,42-43,46-82H2,1-4H3,(H,95,96)(H,97,98)/b14-10-,15-11-,25-21-,26-22-,27-23-,37-33-,38-34-,39-35-,44-41-,45-36-. The van der Waals surface area contributed by atoms with Crippen LogP contribution in [0.1, 0.15) is 362 Å². The Balaban J connectivity index is 5.39. The fourth-order valence-corrected chi connectivity index (χ4v) is 13.0. The number of esters is 4. The average molecular weight is 1560 g/mol. The topological polar surface area (TPSA) is 237 Å². The molecule has 0 aliphatic rings. The zero-order chi connectivity index (χ0) is 78.9. The summed E-state index contributed by atoms with van der Waals surface area (Å²) in [6.07, 6.45) is 90.1. The molecule has 0 aliphatic carbocycles. The van der Waals surface area contributed by atoms with Crippen molar-refractivity contribution >= 4 is 39.5 Å². The highest BCUT2D eigenvalue weighted by molar-refractivity contribution is 7.47. The van der Waals surface area contributed by atoms with Gasteiger partial charge >= 0.3 is 39.5 Å². The molecule has 0 saturated heterocycles. The van der Waals surface area contributed by atoms with Gasteiger partial charge < -0.3 is 33.8 Å². The number of aliphatic hydroxyl groups is 1. The molecule has 0 rings (SSSR count). The van der Waals surface area contributed by atoms with Crippen LogP contribution in [0, 0.1) is 0 Å². The van der Waals surface area contributed by atoms with E-state index in [-0.39, 0.29) is 25.7 Å². The number of phosphoric acid groups is 2. The van der Waals surface area contributed by atoms with Crippen LogP contribution in [0.25, 0.3) is 0 Å². The largest absolute Gasteiger partial charge is 0.472 e. The predicted molar refractivity (Wildman–Crippen MR) is 445 cm³/mol. The Bertz CT molecular complexity index is 2520. The molecule has 0 amide bonds. The lowest BCUT2D eigenvalue weighted by atomic mass is 10.1. The maximum Gasteiger partial charge on any atom is 0.472 e. The Labute approximate surface area is 657 Å². The summed E-state index contributed by atoms with van der Waals surface area (Å²) in [6.45, 7) is 4.63. The average Bonchev–Trinajstić information content (AvgIpc) is 0.901. The lowest BCUT2D eigenvalue weighted by molar-refractivity contribution is -0.161. The molecule has 17 nitrogen and oxygen atoms in total. The van der Waals surface area contributed by atoms with Gasteiger partial charge in [0.15, 0.2) is 12.2 Å². The summed E-state index contributed by atoms with van der Waals surface area (Å²) in [5, 5.41) is 10.7. The maximum absolute atomic E-state index is 13.1. The van der Waals surface area contributed by atoms with Crippen molar-refractivity contribution in [3.05, 3.63) is 122 Å². The van der Waals surface area contributed by atoms with E-state index in [2.05, 4.69) is 149 Å². The van der Waals surface area contributed by atoms with E-state index in [1.54, 1.807) is 0 Å². The van der Waals surface area contributed by atoms with E-state index in [1.807, 2.05) is 0 Å². The second-order valence-electron chi connectivity index (χ2n) is 28.4. The number of carbonyl (C=O) groups excluding carboxylic acids is 4. The second kappa shape index (κ2) is 80.5. The molecular formula is C89H154O17P2. The third-order valence-corrected chi connectivity index (χ3v) is 19.8. The number of hydrogen-bond acceptors (Lipinski definition) is 15. The number of rotatable bonds is 80. The molecule has 0 bridgehead atoms. The van der Waals surface area contributed by atoms with E-state index >= 15 is 0 Å². The third kappa shape index (κ3) is 79.5. The first-order valence-electron chi connectivity index (χ1n) is 42.8. The number of allylic oxidation sites excluding steroid dienone is 20. The van der Waals surface area contributed by atoms with Crippen LogP contribution in [-0.4, -0.2) is 96.7 Å². The number of carbonyl (C=O) groups is 4. The Kier molecular flexibility index (Phi) is 77.1. The molecule has 5 atom stereocenters. The number of ether oxygens (including phenoxy) is 4. The molecule has 0 aliphatic heterocycles. The molecule has 108 heavy (non-hydrogen) atoms. The molecule has 0 saturated carbocycles. The predicted octanol–water partition coefficient (Wildman–Crippen LogP) is 25.5. The van der Waals surface area contributed by atoms with Gasteiger partial charge in [-0.25, -0.2) is 9.13 Å². The van der Waals surface area contributed by atoms with E-state index in [1.165, 1.54) is 57.8 Å². The van der Waals surface area contributed by atoms with E-state index in [0.717, 1.165) is 225 Å². The fraction of sp³-hybridized carbons (Fsp3) is 0.730. The summed E-state index contributed by atoms with van der Waals surface area (Å²) in [6, 6.07) is 0. The molecule has 622 valence electrons. The van der Waals surface area contributed by atoms with Gasteiger partial charge in [0.25, 0.3) is 0 Å². The zero-order valence-corrected chi connectivity index (χ0v) is 70.0. The molecule has 0 aromatic carbocycles. The molecule has 3 N–H and O–H groups in total. The smallest absolute Gasteiger partial charge is 0.462 e. The van der Waals surface area contributed by atoms with Gasteiger partial charge in [-0.05, 0) is 154 Å². The third-order valence-electron chi connectivity index (χ3n) is 17.9. The van der Waals surface area contributed by atoms with Crippen molar-refractivity contribution in [2.75, 3.05) is 39.6 Å². The monoisotopic (exact) mass is 1560 g/mol. The van der Waals surface area contributed by atoms with Gasteiger partial charge in [0.1, 0.15) is 19.3 Å². The van der Waals surface area contributed by atoms with E-state index in [4.69, 9.17) is 37.0 Å². The molecule has 0 fully saturated rings. The summed E-state index contributed by atoms with van der Waals surface area (Å²) < 4.78 is 68.8. The number of unbranched alkanes of at least 4 members (excludes halogenated alkanes) is 34. The Hall–Kier alpha value is -4.54. The second-order valence-corrected chi connectivity index (χ2v) is 31.3. The molecule has 19 heteroatoms. The van der Waals surface area contributed by atoms with Crippen LogP contribution >= 0.6 is 15.6 Å². The Morgan fingerprint density at radius 3 is 0.769 bits per heavy atom. The van der Waals surface area contributed by atoms with Crippen LogP contribution in [0.2, 0.25) is 0 Å². The first-order chi connectivity index (χ1) is 52.7. The quantitative estimate of drug-likeness (QED) is 0.0169. The summed E-state index contributed by atoms with van der Waals surface area (Å²) >= 11 is 0. The number of aliphatic hydroxyl groups excluding tert-OH is 1. The van der Waals surface area contributed by atoms with Crippen LogP contribution in [0.3, 0.4) is 0 Å². The molecule has 0 aromatic heterocycles. The van der Waals surface area contributed by atoms with Crippen LogP contribution in [0.4, 0.5) is 0 Å². The summed E-state index contributed by atoms with van der Waals surface area (Å²) in [5.41, 5.74) is 0. The van der Waals surface area contributed by atoms with Gasteiger partial charge in [-0.15, -0.1) is 0 Å². The van der Waals surface area contributed by atoms with Crippen molar-refractivity contribution in [1.29, 1.82) is 0 Å². The highest BCUT2D eigenvalue weighted by Crippen LogP contribution is 2.45. The van der Waals surface area contributed by atoms with Crippen LogP contribution in [0.15, 0.2) is 122 Å². The van der Waals surface area contributed by atoms with Crippen molar-refractivity contribution in [1.82, 2.24) is 0 Å². The van der Waals surface area contributed by atoms with Crippen molar-refractivity contribution in [3.8, 4) is 0 Å². The summed E-state index contributed by atoms with van der Waals surface area (Å²) in [7, 11) is -9.98. The maximum atomic E-state index is 13.1. The molecule has 0 spiro atoms. The molecule has 5 unspecified atom stereocenters. The molecule has 0 radical (unpaired) electrons. The van der Waals surface area contributed by atoms with Gasteiger partial charge in [-0.3, -0.25) is 37.3 Å². The number of phosphoric ester groups is 2. The highest BCUT2D eigenvalue weighted by Gasteiger charge is 2.30. The normalized spacial score (nSPS) is 14.4. The zero-order valence-electron chi connectivity index (χ0n) is 68.2. The molecular weight excluding hydrogens is 1400 g/mol. The van der Waals surface area contributed by atoms with Gasteiger partial charge in [-0.1, -0.05) is 303 Å². The lowest BCUT2D eigenvalue weighted by Gasteiger charge is -2.21. The van der Waals surface area contributed by atoms with Gasteiger partial charge in [-0.2, -0.15) is 0 Å². The Morgan fingerprint density at radius 1 is 0.269 bits per heavy atom. The molecule has 0 aromatic rings. The number of hydrogen-bond donors (Lipinski definition) is 3. The lowest BCUT2D eigenvalue weighted by Crippen LogP contribution is -2.30. The van der Waals surface area contributed by atoms with Crippen LogP contribution < -0.4 is 0 Å². The summed E-state index contributed by atoms with van der Waals surface area (Å²) in [5.74, 6) is -2.20. The molecule has 0 heterocycles. The minimum Gasteiger partial charge on any atom is -0.462 e. The first-order valence-corrected chi connectivity index (χ1v) is 45.8. The van der Waals surface area contributed by atoms with E-state index in [0.29, 0.717) is 25.7 Å².